The standard InChI is InChI=1S/C18H15BrClN/c1-12-2-3-15(18(20)8-12)11-21-17-7-5-13-9-16(19)6-4-14(13)10-17/h2-10,21H,11H2,1H3. The maximum atomic E-state index is 6.26. The maximum Gasteiger partial charge on any atom is 0.0458 e. The van der Waals surface area contributed by atoms with E-state index in [4.69, 9.17) is 11.6 Å². The van der Waals surface area contributed by atoms with E-state index in [1.807, 2.05) is 13.0 Å². The van der Waals surface area contributed by atoms with E-state index in [0.717, 1.165) is 27.3 Å². The average molecular weight is 361 g/mol. The second-order valence-corrected chi connectivity index (χ2v) is 6.48. The van der Waals surface area contributed by atoms with E-state index >= 15 is 0 Å². The highest BCUT2D eigenvalue weighted by atomic mass is 79.9. The molecule has 0 amide bonds. The van der Waals surface area contributed by atoms with Crippen molar-refractivity contribution in [2.24, 2.45) is 0 Å². The fraction of sp³-hybridized carbons (Fsp3) is 0.111. The van der Waals surface area contributed by atoms with E-state index in [-0.39, 0.29) is 0 Å². The van der Waals surface area contributed by atoms with Crippen molar-refractivity contribution in [3.63, 3.8) is 0 Å². The minimum absolute atomic E-state index is 0.723. The normalized spacial score (nSPS) is 10.8. The fourth-order valence-electron chi connectivity index (χ4n) is 2.32. The summed E-state index contributed by atoms with van der Waals surface area (Å²) in [5.74, 6) is 0. The fourth-order valence-corrected chi connectivity index (χ4v) is 3.00. The van der Waals surface area contributed by atoms with Gasteiger partial charge in [-0.15, -0.1) is 0 Å². The summed E-state index contributed by atoms with van der Waals surface area (Å²) in [4.78, 5) is 0. The molecular weight excluding hydrogens is 346 g/mol. The molecule has 1 nitrogen and oxygen atoms in total. The zero-order valence-electron chi connectivity index (χ0n) is 11.7. The predicted octanol–water partition coefficient (Wildman–Crippen LogP) is 6.18. The van der Waals surface area contributed by atoms with Crippen LogP contribution < -0.4 is 5.32 Å². The Labute approximate surface area is 138 Å². The molecule has 3 aromatic carbocycles. The number of aryl methyl sites for hydroxylation is 1. The molecule has 0 saturated heterocycles. The summed E-state index contributed by atoms with van der Waals surface area (Å²) in [7, 11) is 0. The number of nitrogens with one attached hydrogen (secondary N) is 1. The van der Waals surface area contributed by atoms with Crippen LogP contribution in [0, 0.1) is 6.92 Å². The van der Waals surface area contributed by atoms with Crippen LogP contribution in [0.25, 0.3) is 10.8 Å². The van der Waals surface area contributed by atoms with Crippen LogP contribution in [0.3, 0.4) is 0 Å². The van der Waals surface area contributed by atoms with Gasteiger partial charge in [0, 0.05) is 21.7 Å². The summed E-state index contributed by atoms with van der Waals surface area (Å²) in [6.45, 7) is 2.77. The molecule has 0 atom stereocenters. The third-order valence-corrected chi connectivity index (χ3v) is 4.34. The molecule has 0 heterocycles. The first kappa shape index (κ1) is 14.4. The SMILES string of the molecule is Cc1ccc(CNc2ccc3cc(Br)ccc3c2)c(Cl)c1. The van der Waals surface area contributed by atoms with Crippen LogP contribution >= 0.6 is 27.5 Å². The van der Waals surface area contributed by atoms with Crippen LogP contribution in [-0.2, 0) is 6.54 Å². The smallest absolute Gasteiger partial charge is 0.0458 e. The van der Waals surface area contributed by atoms with Crippen molar-refractivity contribution >= 4 is 44.0 Å². The van der Waals surface area contributed by atoms with E-state index in [2.05, 4.69) is 69.8 Å². The molecule has 21 heavy (non-hydrogen) atoms. The lowest BCUT2D eigenvalue weighted by Gasteiger charge is -2.10. The minimum Gasteiger partial charge on any atom is -0.381 e. The van der Waals surface area contributed by atoms with Gasteiger partial charge in [0.25, 0.3) is 0 Å². The first-order chi connectivity index (χ1) is 10.1. The molecule has 0 aliphatic heterocycles. The molecule has 0 aliphatic rings. The Morgan fingerprint density at radius 2 is 1.71 bits per heavy atom. The molecule has 106 valence electrons. The second-order valence-electron chi connectivity index (χ2n) is 5.15. The van der Waals surface area contributed by atoms with Gasteiger partial charge in [-0.3, -0.25) is 0 Å². The summed E-state index contributed by atoms with van der Waals surface area (Å²) in [6, 6.07) is 18.8. The molecule has 0 radical (unpaired) electrons. The molecule has 0 aliphatic carbocycles. The highest BCUT2D eigenvalue weighted by molar-refractivity contribution is 9.10. The van der Waals surface area contributed by atoms with Crippen molar-refractivity contribution in [2.75, 3.05) is 5.32 Å². The molecule has 1 N–H and O–H groups in total. The zero-order chi connectivity index (χ0) is 14.8. The number of hydrogen-bond donors (Lipinski definition) is 1. The first-order valence-corrected chi connectivity index (χ1v) is 7.97. The van der Waals surface area contributed by atoms with Gasteiger partial charge >= 0.3 is 0 Å². The summed E-state index contributed by atoms with van der Waals surface area (Å²) >= 11 is 9.76. The third kappa shape index (κ3) is 3.39. The Morgan fingerprint density at radius 1 is 0.952 bits per heavy atom. The van der Waals surface area contributed by atoms with Crippen LogP contribution in [0.5, 0.6) is 0 Å². The quantitative estimate of drug-likeness (QED) is 0.588. The van der Waals surface area contributed by atoms with Crippen LogP contribution in [0.2, 0.25) is 5.02 Å². The van der Waals surface area contributed by atoms with Crippen molar-refractivity contribution in [3.8, 4) is 0 Å². The Morgan fingerprint density at radius 3 is 2.52 bits per heavy atom. The molecule has 3 rings (SSSR count). The monoisotopic (exact) mass is 359 g/mol. The number of hydrogen-bond acceptors (Lipinski definition) is 1. The van der Waals surface area contributed by atoms with Crippen molar-refractivity contribution in [1.82, 2.24) is 0 Å². The third-order valence-electron chi connectivity index (χ3n) is 3.49. The molecule has 0 fully saturated rings. The van der Waals surface area contributed by atoms with Crippen molar-refractivity contribution in [3.05, 3.63) is 75.2 Å². The van der Waals surface area contributed by atoms with Gasteiger partial charge in [0.05, 0.1) is 0 Å². The summed E-state index contributed by atoms with van der Waals surface area (Å²) in [6.07, 6.45) is 0. The molecule has 3 heteroatoms. The minimum atomic E-state index is 0.723. The predicted molar refractivity (Wildman–Crippen MR) is 95.2 cm³/mol. The maximum absolute atomic E-state index is 6.26. The van der Waals surface area contributed by atoms with Gasteiger partial charge in [0.15, 0.2) is 0 Å². The van der Waals surface area contributed by atoms with E-state index < -0.39 is 0 Å². The average Bonchev–Trinajstić information content (AvgIpc) is 2.46. The number of benzene rings is 3. The van der Waals surface area contributed by atoms with Gasteiger partial charge in [0.2, 0.25) is 0 Å². The van der Waals surface area contributed by atoms with Gasteiger partial charge in [-0.05, 0) is 59.2 Å². The van der Waals surface area contributed by atoms with Gasteiger partial charge in [-0.1, -0.05) is 51.8 Å². The number of rotatable bonds is 3. The largest absolute Gasteiger partial charge is 0.381 e. The lowest BCUT2D eigenvalue weighted by molar-refractivity contribution is 1.15. The summed E-state index contributed by atoms with van der Waals surface area (Å²) < 4.78 is 1.10. The first-order valence-electron chi connectivity index (χ1n) is 6.80. The van der Waals surface area contributed by atoms with E-state index in [1.54, 1.807) is 0 Å². The lowest BCUT2D eigenvalue weighted by atomic mass is 10.1. The Balaban J connectivity index is 1.80. The molecule has 0 unspecified atom stereocenters. The highest BCUT2D eigenvalue weighted by Crippen LogP contribution is 2.24. The summed E-state index contributed by atoms with van der Waals surface area (Å²) in [5.41, 5.74) is 3.39. The van der Waals surface area contributed by atoms with Crippen molar-refractivity contribution in [1.29, 1.82) is 0 Å². The van der Waals surface area contributed by atoms with Crippen LogP contribution in [-0.4, -0.2) is 0 Å². The number of halogens is 2. The van der Waals surface area contributed by atoms with Crippen LogP contribution in [0.1, 0.15) is 11.1 Å². The molecular formula is C18H15BrClN. The van der Waals surface area contributed by atoms with Crippen molar-refractivity contribution < 1.29 is 0 Å². The van der Waals surface area contributed by atoms with Gasteiger partial charge in [0.1, 0.15) is 0 Å². The molecule has 3 aromatic rings. The van der Waals surface area contributed by atoms with Gasteiger partial charge in [-0.25, -0.2) is 0 Å². The Hall–Kier alpha value is -1.51. The van der Waals surface area contributed by atoms with Gasteiger partial charge < -0.3 is 5.32 Å². The van der Waals surface area contributed by atoms with Crippen LogP contribution in [0.4, 0.5) is 5.69 Å². The van der Waals surface area contributed by atoms with Crippen LogP contribution in [0.15, 0.2) is 59.1 Å². The Kier molecular flexibility index (Phi) is 4.18. The molecule has 0 spiro atoms. The highest BCUT2D eigenvalue weighted by Gasteiger charge is 2.02. The summed E-state index contributed by atoms with van der Waals surface area (Å²) in [5, 5.41) is 6.69. The van der Waals surface area contributed by atoms with E-state index in [1.165, 1.54) is 16.3 Å². The van der Waals surface area contributed by atoms with E-state index in [0.29, 0.717) is 0 Å². The number of fused-ring (bicyclic) bond motifs is 1. The van der Waals surface area contributed by atoms with Crippen molar-refractivity contribution in [2.45, 2.75) is 13.5 Å². The Bertz CT molecular complexity index is 798. The number of anilines is 1. The second kappa shape index (κ2) is 6.08. The molecule has 0 saturated carbocycles. The van der Waals surface area contributed by atoms with E-state index in [9.17, 15) is 0 Å². The zero-order valence-corrected chi connectivity index (χ0v) is 14.0. The molecule has 0 bridgehead atoms. The molecule has 0 aromatic heterocycles. The van der Waals surface area contributed by atoms with Gasteiger partial charge in [-0.2, -0.15) is 0 Å². The lowest BCUT2D eigenvalue weighted by Crippen LogP contribution is -2.00. The topological polar surface area (TPSA) is 12.0 Å².